The van der Waals surface area contributed by atoms with Crippen LogP contribution in [0.1, 0.15) is 55.5 Å². The molecule has 0 bridgehead atoms. The zero-order valence-electron chi connectivity index (χ0n) is 15.5. The van der Waals surface area contributed by atoms with Crippen molar-refractivity contribution >= 4 is 11.6 Å². The summed E-state index contributed by atoms with van der Waals surface area (Å²) in [6.45, 7) is -0.533. The molecule has 2 aromatic carbocycles. The minimum atomic E-state index is -1.29. The minimum Gasteiger partial charge on any atom is -0.507 e. The van der Waals surface area contributed by atoms with Crippen LogP contribution < -0.4 is 4.74 Å². The Bertz CT molecular complexity index is 1040. The summed E-state index contributed by atoms with van der Waals surface area (Å²) in [7, 11) is 1.35. The van der Waals surface area contributed by atoms with Gasteiger partial charge in [0.1, 0.15) is 17.2 Å². The maximum absolute atomic E-state index is 13.2. The smallest absolute Gasteiger partial charge is 0.202 e. The molecule has 0 aliphatic heterocycles. The average molecular weight is 400 g/mol. The van der Waals surface area contributed by atoms with Crippen molar-refractivity contribution in [2.24, 2.45) is 5.92 Å². The van der Waals surface area contributed by atoms with Crippen LogP contribution in [0.5, 0.6) is 17.2 Å². The lowest BCUT2D eigenvalue weighted by atomic mass is 9.73. The fraction of sp³-hybridized carbons (Fsp3) is 0.333. The predicted octanol–water partition coefficient (Wildman–Crippen LogP) is 0.831. The van der Waals surface area contributed by atoms with Crippen LogP contribution in [-0.2, 0) is 6.42 Å². The van der Waals surface area contributed by atoms with Crippen LogP contribution >= 0.6 is 0 Å². The number of rotatable bonds is 3. The zero-order chi connectivity index (χ0) is 21.0. The van der Waals surface area contributed by atoms with Gasteiger partial charge in [0.25, 0.3) is 0 Å². The first-order valence-corrected chi connectivity index (χ1v) is 9.15. The second-order valence-corrected chi connectivity index (χ2v) is 7.35. The molecule has 5 N–H and O–H groups in total. The Morgan fingerprint density at radius 2 is 1.79 bits per heavy atom. The molecule has 0 fully saturated rings. The zero-order valence-corrected chi connectivity index (χ0v) is 15.5. The Morgan fingerprint density at radius 3 is 2.45 bits per heavy atom. The number of fused-ring (bicyclic) bond motifs is 3. The third kappa shape index (κ3) is 2.64. The summed E-state index contributed by atoms with van der Waals surface area (Å²) in [5.41, 5.74) is -0.630. The fourth-order valence-corrected chi connectivity index (χ4v) is 4.38. The monoisotopic (exact) mass is 400 g/mol. The Balaban J connectivity index is 1.97. The van der Waals surface area contributed by atoms with Gasteiger partial charge in [-0.25, -0.2) is 0 Å². The largest absolute Gasteiger partial charge is 0.507 e. The van der Waals surface area contributed by atoms with Crippen molar-refractivity contribution in [1.29, 1.82) is 0 Å². The number of phenols is 2. The molecule has 2 aliphatic rings. The molecule has 0 heterocycles. The number of benzene rings is 2. The van der Waals surface area contributed by atoms with E-state index in [9.17, 15) is 35.1 Å². The van der Waals surface area contributed by atoms with Crippen LogP contribution in [0.25, 0.3) is 0 Å². The molecule has 0 aromatic heterocycles. The summed E-state index contributed by atoms with van der Waals surface area (Å²) in [5.74, 6) is -2.83. The van der Waals surface area contributed by atoms with Gasteiger partial charge in [-0.15, -0.1) is 0 Å². The van der Waals surface area contributed by atoms with E-state index in [2.05, 4.69) is 0 Å². The number of aromatic hydroxyl groups is 2. The summed E-state index contributed by atoms with van der Waals surface area (Å²) in [4.78, 5) is 26.3. The van der Waals surface area contributed by atoms with E-state index in [1.807, 2.05) is 0 Å². The lowest BCUT2D eigenvalue weighted by Gasteiger charge is -2.34. The highest BCUT2D eigenvalue weighted by Crippen LogP contribution is 2.50. The molecule has 2 unspecified atom stereocenters. The van der Waals surface area contributed by atoms with Crippen LogP contribution in [-0.4, -0.2) is 56.9 Å². The lowest BCUT2D eigenvalue weighted by molar-refractivity contribution is 0.0146. The Kier molecular flexibility index (Phi) is 4.57. The summed E-state index contributed by atoms with van der Waals surface area (Å²) < 4.78 is 5.18. The second kappa shape index (κ2) is 6.84. The third-order valence-corrected chi connectivity index (χ3v) is 5.82. The second-order valence-electron chi connectivity index (χ2n) is 7.35. The number of ketones is 2. The van der Waals surface area contributed by atoms with Gasteiger partial charge in [0.05, 0.1) is 42.6 Å². The molecular formula is C21H20O8. The molecule has 0 amide bonds. The molecule has 3 atom stereocenters. The maximum Gasteiger partial charge on any atom is 0.202 e. The lowest BCUT2D eigenvalue weighted by Crippen LogP contribution is -2.32. The van der Waals surface area contributed by atoms with Crippen molar-refractivity contribution in [3.63, 3.8) is 0 Å². The number of carbonyl (C=O) groups excluding carboxylic acids is 2. The van der Waals surface area contributed by atoms with Gasteiger partial charge >= 0.3 is 0 Å². The normalized spacial score (nSPS) is 21.2. The standard InChI is InChI=1S/C21H20O8/c1-29-13-4-2-3-9-15(13)21(28)17-16(18(9)25)19(26)10-5-8(12(24)7-22)6-11(23)14(10)20(17)27/h2-4,8,11-12,22-24,26-27H,5-7H2,1H3/t8-,11?,12?/m1/s1. The molecule has 0 spiro atoms. The van der Waals surface area contributed by atoms with Gasteiger partial charge in [-0.1, -0.05) is 12.1 Å². The average Bonchev–Trinajstić information content (AvgIpc) is 2.72. The third-order valence-electron chi connectivity index (χ3n) is 5.82. The molecule has 8 nitrogen and oxygen atoms in total. The molecule has 2 aliphatic carbocycles. The van der Waals surface area contributed by atoms with Crippen LogP contribution in [0.15, 0.2) is 18.2 Å². The SMILES string of the molecule is COc1cccc2c1C(=O)c1c(O)c3c(c(O)c1C2=O)C[C@@H](C(O)CO)CC3O. The van der Waals surface area contributed by atoms with Crippen molar-refractivity contribution in [3.05, 3.63) is 51.6 Å². The first-order chi connectivity index (χ1) is 13.8. The number of aliphatic hydroxyl groups is 3. The van der Waals surface area contributed by atoms with Gasteiger partial charge in [0.2, 0.25) is 5.78 Å². The van der Waals surface area contributed by atoms with Crippen molar-refractivity contribution in [2.75, 3.05) is 13.7 Å². The number of ether oxygens (including phenoxy) is 1. The number of hydrogen-bond acceptors (Lipinski definition) is 8. The van der Waals surface area contributed by atoms with E-state index in [0.29, 0.717) is 0 Å². The van der Waals surface area contributed by atoms with E-state index in [-0.39, 0.29) is 52.0 Å². The molecule has 2 aromatic rings. The maximum atomic E-state index is 13.2. The summed E-state index contributed by atoms with van der Waals surface area (Å²) in [5, 5.41) is 51.4. The molecule has 152 valence electrons. The van der Waals surface area contributed by atoms with E-state index in [1.54, 1.807) is 6.07 Å². The van der Waals surface area contributed by atoms with Gasteiger partial charge in [-0.2, -0.15) is 0 Å². The van der Waals surface area contributed by atoms with Crippen molar-refractivity contribution < 1.29 is 39.9 Å². The quantitative estimate of drug-likeness (QED) is 0.407. The fourth-order valence-electron chi connectivity index (χ4n) is 4.38. The highest BCUT2D eigenvalue weighted by atomic mass is 16.5. The van der Waals surface area contributed by atoms with E-state index >= 15 is 0 Å². The molecule has 4 rings (SSSR count). The van der Waals surface area contributed by atoms with Crippen molar-refractivity contribution in [2.45, 2.75) is 25.0 Å². The topological polar surface area (TPSA) is 145 Å². The summed E-state index contributed by atoms with van der Waals surface area (Å²) in [6, 6.07) is 4.49. The van der Waals surface area contributed by atoms with Gasteiger partial charge in [-0.3, -0.25) is 9.59 Å². The number of methoxy groups -OCH3 is 1. The summed E-state index contributed by atoms with van der Waals surface area (Å²) >= 11 is 0. The number of carbonyl (C=O) groups is 2. The van der Waals surface area contributed by atoms with Crippen LogP contribution in [0.2, 0.25) is 0 Å². The number of phenolic OH excluding ortho intramolecular Hbond substituents is 2. The molecule has 0 saturated carbocycles. The van der Waals surface area contributed by atoms with Crippen LogP contribution in [0.4, 0.5) is 0 Å². The minimum absolute atomic E-state index is 0.0129. The van der Waals surface area contributed by atoms with Crippen LogP contribution in [0, 0.1) is 5.92 Å². The predicted molar refractivity (Wildman–Crippen MR) is 99.5 cm³/mol. The van der Waals surface area contributed by atoms with Gasteiger partial charge in [-0.05, 0) is 24.8 Å². The van der Waals surface area contributed by atoms with E-state index in [4.69, 9.17) is 4.74 Å². The highest BCUT2D eigenvalue weighted by Gasteiger charge is 2.42. The first-order valence-electron chi connectivity index (χ1n) is 9.15. The Morgan fingerprint density at radius 1 is 1.10 bits per heavy atom. The van der Waals surface area contributed by atoms with Gasteiger partial charge in [0.15, 0.2) is 5.78 Å². The number of hydrogen-bond donors (Lipinski definition) is 5. The highest BCUT2D eigenvalue weighted by molar-refractivity contribution is 6.31. The Labute approximate surface area is 165 Å². The molecule has 29 heavy (non-hydrogen) atoms. The van der Waals surface area contributed by atoms with Crippen molar-refractivity contribution in [1.82, 2.24) is 0 Å². The van der Waals surface area contributed by atoms with E-state index in [1.165, 1.54) is 19.2 Å². The molecule has 0 radical (unpaired) electrons. The summed E-state index contributed by atoms with van der Waals surface area (Å²) in [6.07, 6.45) is -2.39. The first kappa shape index (κ1) is 19.4. The van der Waals surface area contributed by atoms with Crippen LogP contribution in [0.3, 0.4) is 0 Å². The molecule has 0 saturated heterocycles. The molecular weight excluding hydrogens is 380 g/mol. The Hall–Kier alpha value is -2.94. The van der Waals surface area contributed by atoms with Crippen molar-refractivity contribution in [3.8, 4) is 17.2 Å². The van der Waals surface area contributed by atoms with E-state index < -0.39 is 47.8 Å². The van der Waals surface area contributed by atoms with Gasteiger partial charge < -0.3 is 30.3 Å². The molecule has 8 heteroatoms. The number of aliphatic hydroxyl groups excluding tert-OH is 3. The van der Waals surface area contributed by atoms with E-state index in [0.717, 1.165) is 0 Å². The van der Waals surface area contributed by atoms with Gasteiger partial charge in [0, 0.05) is 16.7 Å².